The first kappa shape index (κ1) is 31.8. The molecule has 2 N–H and O–H groups in total. The molecule has 42 heavy (non-hydrogen) atoms. The van der Waals surface area contributed by atoms with Gasteiger partial charge in [0.15, 0.2) is 0 Å². The Bertz CT molecular complexity index is 1320. The van der Waals surface area contributed by atoms with Gasteiger partial charge >= 0.3 is 0 Å². The second kappa shape index (κ2) is 13.9. The van der Waals surface area contributed by atoms with Crippen LogP contribution in [0.15, 0.2) is 22.0 Å². The van der Waals surface area contributed by atoms with Gasteiger partial charge in [0, 0.05) is 87.6 Å². The van der Waals surface area contributed by atoms with Crippen molar-refractivity contribution >= 4 is 24.0 Å². The predicted molar refractivity (Wildman–Crippen MR) is 174 cm³/mol. The van der Waals surface area contributed by atoms with Gasteiger partial charge in [0.05, 0.1) is 5.69 Å². The summed E-state index contributed by atoms with van der Waals surface area (Å²) in [6.45, 7) is 19.7. The third kappa shape index (κ3) is 6.73. The van der Waals surface area contributed by atoms with Gasteiger partial charge in [0.25, 0.3) is 11.5 Å². The number of anilines is 2. The van der Waals surface area contributed by atoms with Crippen LogP contribution in [0.3, 0.4) is 0 Å². The molecule has 9 nitrogen and oxygen atoms in total. The molecule has 1 saturated carbocycles. The topological polar surface area (TPSA) is 87.3 Å². The molecule has 2 aliphatic rings. The van der Waals surface area contributed by atoms with E-state index in [1.807, 2.05) is 33.0 Å². The maximum atomic E-state index is 13.8. The first-order valence-electron chi connectivity index (χ1n) is 15.6. The quantitative estimate of drug-likeness (QED) is 0.325. The van der Waals surface area contributed by atoms with Crippen molar-refractivity contribution in [3.63, 3.8) is 0 Å². The molecule has 1 aliphatic heterocycles. The van der Waals surface area contributed by atoms with E-state index in [2.05, 4.69) is 64.6 Å². The summed E-state index contributed by atoms with van der Waals surface area (Å²) in [4.78, 5) is 37.0. The molecule has 230 valence electrons. The molecular weight excluding hydrogens is 526 g/mol. The van der Waals surface area contributed by atoms with E-state index in [1.54, 1.807) is 5.01 Å². The number of pyridine rings is 1. The maximum Gasteiger partial charge on any atom is 0.253 e. The Hall–Kier alpha value is -3.17. The third-order valence-electron chi connectivity index (χ3n) is 9.50. The smallest absolute Gasteiger partial charge is 0.253 e. The van der Waals surface area contributed by atoms with Crippen molar-refractivity contribution < 1.29 is 4.79 Å². The van der Waals surface area contributed by atoms with E-state index in [4.69, 9.17) is 0 Å². The maximum absolute atomic E-state index is 13.8. The van der Waals surface area contributed by atoms with Crippen LogP contribution >= 0.6 is 0 Å². The molecule has 2 heterocycles. The van der Waals surface area contributed by atoms with Crippen LogP contribution in [-0.2, 0) is 13.0 Å². The second-order valence-electron chi connectivity index (χ2n) is 12.1. The highest BCUT2D eigenvalue weighted by atomic mass is 16.2. The highest BCUT2D eigenvalue weighted by Gasteiger charge is 2.32. The summed E-state index contributed by atoms with van der Waals surface area (Å²) < 4.78 is 0. The van der Waals surface area contributed by atoms with Crippen LogP contribution in [0, 0.1) is 20.8 Å². The van der Waals surface area contributed by atoms with Crippen LogP contribution in [0.2, 0.25) is 0 Å². The fraction of sp³-hybridized carbons (Fsp3) is 0.606. The number of H-pyrrole nitrogens is 1. The van der Waals surface area contributed by atoms with E-state index in [0.717, 1.165) is 85.7 Å². The van der Waals surface area contributed by atoms with E-state index in [1.165, 1.54) is 12.8 Å². The van der Waals surface area contributed by atoms with Gasteiger partial charge in [-0.05, 0) is 95.7 Å². The summed E-state index contributed by atoms with van der Waals surface area (Å²) in [6, 6.07) is 4.96. The van der Waals surface area contributed by atoms with Crippen LogP contribution in [0.5, 0.6) is 0 Å². The van der Waals surface area contributed by atoms with Crippen molar-refractivity contribution in [3.05, 3.63) is 56.0 Å². The molecule has 1 aliphatic carbocycles. The normalized spacial score (nSPS) is 19.9. The molecule has 1 aromatic heterocycles. The van der Waals surface area contributed by atoms with Gasteiger partial charge in [-0.15, -0.1) is 0 Å². The van der Waals surface area contributed by atoms with Gasteiger partial charge < -0.3 is 20.1 Å². The minimum Gasteiger partial charge on any atom is -0.368 e. The summed E-state index contributed by atoms with van der Waals surface area (Å²) in [7, 11) is 4.09. The molecule has 1 saturated heterocycles. The number of hydrazone groups is 1. The number of rotatable bonds is 10. The van der Waals surface area contributed by atoms with Crippen LogP contribution in [0.1, 0.15) is 77.8 Å². The number of hydrogen-bond donors (Lipinski definition) is 2. The predicted octanol–water partition coefficient (Wildman–Crippen LogP) is 4.23. The van der Waals surface area contributed by atoms with Crippen molar-refractivity contribution in [1.82, 2.24) is 20.1 Å². The number of aryl methyl sites for hydroxylation is 2. The zero-order chi connectivity index (χ0) is 30.6. The zero-order valence-electron chi connectivity index (χ0n) is 26.8. The number of aromatic nitrogens is 1. The molecule has 1 amide bonds. The van der Waals surface area contributed by atoms with E-state index < -0.39 is 0 Å². The Balaban J connectivity index is 1.64. The lowest BCUT2D eigenvalue weighted by atomic mass is 9.87. The number of nitrogens with one attached hydrogen (secondary N) is 2. The Morgan fingerprint density at radius 2 is 1.74 bits per heavy atom. The highest BCUT2D eigenvalue weighted by molar-refractivity contribution is 5.99. The minimum absolute atomic E-state index is 0.159. The number of hydrogen-bond acceptors (Lipinski definition) is 7. The van der Waals surface area contributed by atoms with E-state index in [0.29, 0.717) is 23.2 Å². The number of carbonyl (C=O) groups is 1. The van der Waals surface area contributed by atoms with Crippen molar-refractivity contribution in [3.8, 4) is 0 Å². The monoisotopic (exact) mass is 577 g/mol. The molecule has 9 heteroatoms. The first-order chi connectivity index (χ1) is 20.1. The fourth-order valence-corrected chi connectivity index (χ4v) is 7.05. The molecule has 1 aromatic carbocycles. The Labute approximate surface area is 252 Å². The van der Waals surface area contributed by atoms with Gasteiger partial charge in [-0.3, -0.25) is 19.5 Å². The van der Waals surface area contributed by atoms with Crippen LogP contribution in [0.4, 0.5) is 11.4 Å². The number of nitrogens with zero attached hydrogens (tertiary/aromatic N) is 5. The Kier molecular flexibility index (Phi) is 10.5. The van der Waals surface area contributed by atoms with Gasteiger partial charge in [0.2, 0.25) is 0 Å². The lowest BCUT2D eigenvalue weighted by Gasteiger charge is -2.44. The van der Waals surface area contributed by atoms with Crippen molar-refractivity contribution in [2.75, 3.05) is 56.7 Å². The third-order valence-corrected chi connectivity index (χ3v) is 9.50. The number of aromatic amines is 1. The summed E-state index contributed by atoms with van der Waals surface area (Å²) >= 11 is 0. The number of amides is 1. The van der Waals surface area contributed by atoms with Crippen LogP contribution in [-0.4, -0.2) is 86.3 Å². The van der Waals surface area contributed by atoms with Crippen molar-refractivity contribution in [2.24, 2.45) is 5.10 Å². The highest BCUT2D eigenvalue weighted by Crippen LogP contribution is 2.39. The summed E-state index contributed by atoms with van der Waals surface area (Å²) in [6.07, 6.45) is 5.42. The molecule has 2 fully saturated rings. The number of piperazine rings is 1. The fourth-order valence-electron chi connectivity index (χ4n) is 7.05. The zero-order valence-corrected chi connectivity index (χ0v) is 26.8. The lowest BCUT2D eigenvalue weighted by Crippen LogP contribution is -2.51. The molecule has 0 bridgehead atoms. The summed E-state index contributed by atoms with van der Waals surface area (Å²) in [5.74, 6) is -0.180. The van der Waals surface area contributed by atoms with Gasteiger partial charge in [0.1, 0.15) is 0 Å². The molecular formula is C33H51N7O2. The number of carbonyl (C=O) groups excluding carboxylic acids is 1. The molecule has 4 rings (SSSR count). The molecule has 0 unspecified atom stereocenters. The van der Waals surface area contributed by atoms with E-state index >= 15 is 0 Å². The average molecular weight is 578 g/mol. The lowest BCUT2D eigenvalue weighted by molar-refractivity contribution is 0.0876. The first-order valence-corrected chi connectivity index (χ1v) is 15.6. The average Bonchev–Trinajstić information content (AvgIpc) is 2.97. The molecule has 0 atom stereocenters. The van der Waals surface area contributed by atoms with Gasteiger partial charge in [-0.1, -0.05) is 6.92 Å². The molecule has 0 spiro atoms. The summed E-state index contributed by atoms with van der Waals surface area (Å²) in [5.41, 5.74) is 6.92. The van der Waals surface area contributed by atoms with Crippen LogP contribution in [0.25, 0.3) is 0 Å². The summed E-state index contributed by atoms with van der Waals surface area (Å²) in [5, 5.41) is 8.99. The minimum atomic E-state index is -0.180. The molecule has 0 radical (unpaired) electrons. The number of likely N-dealkylation sites (N-methyl/N-ethyl adjacent to an activating group) is 1. The van der Waals surface area contributed by atoms with Crippen molar-refractivity contribution in [2.45, 2.75) is 85.4 Å². The van der Waals surface area contributed by atoms with Gasteiger partial charge in [-0.2, -0.15) is 5.10 Å². The Morgan fingerprint density at radius 1 is 1.07 bits per heavy atom. The van der Waals surface area contributed by atoms with E-state index in [-0.39, 0.29) is 18.0 Å². The Morgan fingerprint density at radius 3 is 2.31 bits per heavy atom. The van der Waals surface area contributed by atoms with Crippen molar-refractivity contribution in [1.29, 1.82) is 0 Å². The molecule has 2 aromatic rings. The second-order valence-corrected chi connectivity index (χ2v) is 12.1. The van der Waals surface area contributed by atoms with Crippen LogP contribution < -0.4 is 20.8 Å². The van der Waals surface area contributed by atoms with Gasteiger partial charge in [-0.25, -0.2) is 0 Å². The number of benzene rings is 1. The van der Waals surface area contributed by atoms with E-state index in [9.17, 15) is 9.59 Å². The SMILES string of the molecule is C=NN(C)c1cc(C(=O)NCc2c(C)cc(C)[nH]c2=O)c(CC)c(N(CC)C2CCC(N3CCN(C)CC3)CC2)c1C. The largest absolute Gasteiger partial charge is 0.368 e. The standard InChI is InChI=1S/C33H51N7O2/c1-9-27-28(32(41)35-21-29-22(3)19-23(4)36-33(29)42)20-30(38(8)34-6)24(5)31(27)40(10-2)26-13-11-25(12-14-26)39-17-15-37(7)16-18-39/h19-20,25-26H,6,9-18,21H2,1-5,7-8H3,(H,35,41)(H,36,42).